The van der Waals surface area contributed by atoms with Crippen LogP contribution in [0.2, 0.25) is 0 Å². The fourth-order valence-electron chi connectivity index (χ4n) is 2.52. The molecule has 3 nitrogen and oxygen atoms in total. The molecular weight excluding hydrogens is 212 g/mol. The van der Waals surface area contributed by atoms with E-state index in [2.05, 4.69) is 34.9 Å². The molecule has 0 fully saturated rings. The first-order chi connectivity index (χ1) is 8.22. The molecule has 0 saturated heterocycles. The van der Waals surface area contributed by atoms with E-state index in [1.165, 1.54) is 17.5 Å². The Labute approximate surface area is 103 Å². The zero-order chi connectivity index (χ0) is 12.3. The number of amides is 1. The van der Waals surface area contributed by atoms with Crippen molar-refractivity contribution in [3.8, 4) is 0 Å². The molecule has 1 amide bonds. The fourth-order valence-corrected chi connectivity index (χ4v) is 2.52. The highest BCUT2D eigenvalue weighted by Crippen LogP contribution is 2.29. The van der Waals surface area contributed by atoms with Gasteiger partial charge in [0.15, 0.2) is 0 Å². The van der Waals surface area contributed by atoms with Gasteiger partial charge in [0, 0.05) is 13.1 Å². The maximum atomic E-state index is 11.5. The number of likely N-dealkylation sites (N-methyl/N-ethyl adjacent to an activating group) is 1. The van der Waals surface area contributed by atoms with Crippen molar-refractivity contribution in [2.75, 3.05) is 7.05 Å². The normalized spacial score (nSPS) is 20.5. The lowest BCUT2D eigenvalue weighted by molar-refractivity contribution is -0.122. The summed E-state index contributed by atoms with van der Waals surface area (Å²) in [7, 11) is 1.68. The van der Waals surface area contributed by atoms with Gasteiger partial charge in [-0.05, 0) is 37.3 Å². The highest BCUT2D eigenvalue weighted by molar-refractivity contribution is 5.81. The Morgan fingerprint density at radius 3 is 2.94 bits per heavy atom. The van der Waals surface area contributed by atoms with Crippen molar-refractivity contribution < 1.29 is 4.79 Å². The third kappa shape index (κ3) is 2.67. The SMILES string of the molecule is CNC(=O)[C@@H](C)N[C@@H]1CCCc2ccccc21. The first kappa shape index (κ1) is 12.1. The zero-order valence-corrected chi connectivity index (χ0v) is 10.5. The van der Waals surface area contributed by atoms with Crippen molar-refractivity contribution in [2.45, 2.75) is 38.3 Å². The van der Waals surface area contributed by atoms with Crippen molar-refractivity contribution in [1.29, 1.82) is 0 Å². The summed E-state index contributed by atoms with van der Waals surface area (Å²) >= 11 is 0. The minimum absolute atomic E-state index is 0.0491. The van der Waals surface area contributed by atoms with Gasteiger partial charge in [0.05, 0.1) is 6.04 Å². The molecule has 1 aromatic rings. The van der Waals surface area contributed by atoms with Crippen LogP contribution in [-0.2, 0) is 11.2 Å². The second-order valence-corrected chi connectivity index (χ2v) is 4.65. The molecule has 2 N–H and O–H groups in total. The number of nitrogens with one attached hydrogen (secondary N) is 2. The Balaban J connectivity index is 2.11. The van der Waals surface area contributed by atoms with E-state index in [4.69, 9.17) is 0 Å². The van der Waals surface area contributed by atoms with Gasteiger partial charge in [0.25, 0.3) is 0 Å². The summed E-state index contributed by atoms with van der Waals surface area (Å²) in [6, 6.07) is 8.69. The van der Waals surface area contributed by atoms with Gasteiger partial charge >= 0.3 is 0 Å². The van der Waals surface area contributed by atoms with Crippen LogP contribution in [0.25, 0.3) is 0 Å². The number of benzene rings is 1. The van der Waals surface area contributed by atoms with Gasteiger partial charge in [-0.3, -0.25) is 10.1 Å². The number of rotatable bonds is 3. The highest BCUT2D eigenvalue weighted by atomic mass is 16.2. The third-order valence-electron chi connectivity index (χ3n) is 3.46. The predicted molar refractivity (Wildman–Crippen MR) is 68.8 cm³/mol. The van der Waals surface area contributed by atoms with Crippen LogP contribution in [-0.4, -0.2) is 19.0 Å². The number of carbonyl (C=O) groups is 1. The van der Waals surface area contributed by atoms with Crippen LogP contribution in [0.5, 0.6) is 0 Å². The minimum atomic E-state index is -0.142. The van der Waals surface area contributed by atoms with E-state index in [0.29, 0.717) is 6.04 Å². The second kappa shape index (κ2) is 5.32. The molecule has 0 radical (unpaired) electrons. The zero-order valence-electron chi connectivity index (χ0n) is 10.5. The number of hydrogen-bond acceptors (Lipinski definition) is 2. The van der Waals surface area contributed by atoms with E-state index in [0.717, 1.165) is 12.8 Å². The van der Waals surface area contributed by atoms with Crippen LogP contribution in [0.3, 0.4) is 0 Å². The molecule has 1 aliphatic carbocycles. The summed E-state index contributed by atoms with van der Waals surface area (Å²) in [6.07, 6.45) is 3.45. The van der Waals surface area contributed by atoms with Crippen molar-refractivity contribution in [2.24, 2.45) is 0 Å². The van der Waals surface area contributed by atoms with Gasteiger partial charge < -0.3 is 5.32 Å². The van der Waals surface area contributed by atoms with Crippen LogP contribution < -0.4 is 10.6 Å². The van der Waals surface area contributed by atoms with Crippen LogP contribution in [0.4, 0.5) is 0 Å². The molecule has 1 aromatic carbocycles. The van der Waals surface area contributed by atoms with Crippen LogP contribution in [0, 0.1) is 0 Å². The van der Waals surface area contributed by atoms with E-state index in [-0.39, 0.29) is 11.9 Å². The Kier molecular flexibility index (Phi) is 3.79. The molecule has 0 aromatic heterocycles. The molecule has 0 aliphatic heterocycles. The van der Waals surface area contributed by atoms with Crippen LogP contribution in [0.15, 0.2) is 24.3 Å². The molecule has 1 aliphatic rings. The number of aryl methyl sites for hydroxylation is 1. The average Bonchev–Trinajstić information content (AvgIpc) is 2.38. The first-order valence-electron chi connectivity index (χ1n) is 6.28. The van der Waals surface area contributed by atoms with E-state index < -0.39 is 0 Å². The lowest BCUT2D eigenvalue weighted by Gasteiger charge is -2.28. The second-order valence-electron chi connectivity index (χ2n) is 4.65. The maximum Gasteiger partial charge on any atom is 0.236 e. The van der Waals surface area contributed by atoms with E-state index in [1.54, 1.807) is 7.05 Å². The molecule has 0 heterocycles. The molecule has 2 rings (SSSR count). The molecule has 0 spiro atoms. The number of hydrogen-bond donors (Lipinski definition) is 2. The number of fused-ring (bicyclic) bond motifs is 1. The van der Waals surface area contributed by atoms with Gasteiger partial charge in [-0.1, -0.05) is 24.3 Å². The molecule has 17 heavy (non-hydrogen) atoms. The largest absolute Gasteiger partial charge is 0.358 e. The van der Waals surface area contributed by atoms with Crippen molar-refractivity contribution >= 4 is 5.91 Å². The fraction of sp³-hybridized carbons (Fsp3) is 0.500. The molecule has 0 unspecified atom stereocenters. The molecule has 0 bridgehead atoms. The smallest absolute Gasteiger partial charge is 0.236 e. The molecule has 92 valence electrons. The van der Waals surface area contributed by atoms with Crippen molar-refractivity contribution in [1.82, 2.24) is 10.6 Å². The van der Waals surface area contributed by atoms with Crippen molar-refractivity contribution in [3.63, 3.8) is 0 Å². The molecular formula is C14H20N2O. The monoisotopic (exact) mass is 232 g/mol. The highest BCUT2D eigenvalue weighted by Gasteiger charge is 2.22. The summed E-state index contributed by atoms with van der Waals surface area (Å²) in [6.45, 7) is 1.91. The Morgan fingerprint density at radius 1 is 1.41 bits per heavy atom. The van der Waals surface area contributed by atoms with Gasteiger partial charge in [-0.15, -0.1) is 0 Å². The molecule has 3 heteroatoms. The van der Waals surface area contributed by atoms with Gasteiger partial charge in [-0.25, -0.2) is 0 Å². The Morgan fingerprint density at radius 2 is 2.18 bits per heavy atom. The summed E-state index contributed by atoms with van der Waals surface area (Å²) < 4.78 is 0. The minimum Gasteiger partial charge on any atom is -0.358 e. The van der Waals surface area contributed by atoms with Gasteiger partial charge in [0.2, 0.25) is 5.91 Å². The summed E-state index contributed by atoms with van der Waals surface area (Å²) in [5, 5.41) is 6.09. The molecule has 0 saturated carbocycles. The lowest BCUT2D eigenvalue weighted by Crippen LogP contribution is -2.43. The van der Waals surface area contributed by atoms with E-state index in [9.17, 15) is 4.79 Å². The predicted octanol–water partition coefficient (Wildman–Crippen LogP) is 1.79. The quantitative estimate of drug-likeness (QED) is 0.834. The standard InChI is InChI=1S/C14H20N2O/c1-10(14(17)15-2)16-13-9-5-7-11-6-3-4-8-12(11)13/h3-4,6,8,10,13,16H,5,7,9H2,1-2H3,(H,15,17)/t10-,13-/m1/s1. The average molecular weight is 232 g/mol. The number of carbonyl (C=O) groups excluding carboxylic acids is 1. The third-order valence-corrected chi connectivity index (χ3v) is 3.46. The van der Waals surface area contributed by atoms with Crippen molar-refractivity contribution in [3.05, 3.63) is 35.4 Å². The summed E-state index contributed by atoms with van der Waals surface area (Å²) in [5.74, 6) is 0.0491. The Bertz CT molecular complexity index is 403. The van der Waals surface area contributed by atoms with Gasteiger partial charge in [-0.2, -0.15) is 0 Å². The lowest BCUT2D eigenvalue weighted by atomic mass is 9.87. The molecule has 2 atom stereocenters. The van der Waals surface area contributed by atoms with E-state index in [1.807, 2.05) is 6.92 Å². The van der Waals surface area contributed by atoms with Crippen LogP contribution >= 0.6 is 0 Å². The Hall–Kier alpha value is -1.35. The van der Waals surface area contributed by atoms with Gasteiger partial charge in [0.1, 0.15) is 0 Å². The first-order valence-corrected chi connectivity index (χ1v) is 6.28. The maximum absolute atomic E-state index is 11.5. The topological polar surface area (TPSA) is 41.1 Å². The van der Waals surface area contributed by atoms with E-state index >= 15 is 0 Å². The van der Waals surface area contributed by atoms with Crippen LogP contribution in [0.1, 0.15) is 36.9 Å². The summed E-state index contributed by atoms with van der Waals surface area (Å²) in [4.78, 5) is 11.5. The summed E-state index contributed by atoms with van der Waals surface area (Å²) in [5.41, 5.74) is 2.77.